The van der Waals surface area contributed by atoms with Crippen molar-refractivity contribution in [2.75, 3.05) is 74.6 Å². The van der Waals surface area contributed by atoms with Crippen molar-refractivity contribution in [3.63, 3.8) is 0 Å². The van der Waals surface area contributed by atoms with E-state index in [1.54, 1.807) is 13.2 Å². The zero-order valence-corrected chi connectivity index (χ0v) is 31.4. The molecule has 0 radical (unpaired) electrons. The van der Waals surface area contributed by atoms with Crippen molar-refractivity contribution in [3.8, 4) is 17.0 Å². The Hall–Kier alpha value is -3.45. The quantitative estimate of drug-likeness (QED) is 0.359. The van der Waals surface area contributed by atoms with Crippen molar-refractivity contribution in [3.05, 3.63) is 53.1 Å². The summed E-state index contributed by atoms with van der Waals surface area (Å²) >= 11 is 0. The standard InChI is InChI=1S/C38H52N6O5S/c1-8-10-25(9-2)33-31-13-11-26(35(45)39-50(47,48)40(3)4)17-32(31)44-18-28(15-27-16-29(49-7)12-14-30(27)34(33)44)36(46)43-23-37-19-41(5)20-38(37,24-43)22-42(6)21-37/h11-14,16-17,25,28H,8-10,15,18-24H2,1-7H3,(H,39,45). The Kier molecular flexibility index (Phi) is 8.85. The van der Waals surface area contributed by atoms with Crippen LogP contribution in [0.25, 0.3) is 22.2 Å². The van der Waals surface area contributed by atoms with E-state index in [0.717, 1.165) is 96.3 Å². The maximum atomic E-state index is 14.9. The smallest absolute Gasteiger partial charge is 0.303 e. The summed E-state index contributed by atoms with van der Waals surface area (Å²) in [4.78, 5) is 35.3. The van der Waals surface area contributed by atoms with Crippen molar-refractivity contribution in [1.82, 2.24) is 28.3 Å². The van der Waals surface area contributed by atoms with Gasteiger partial charge in [0.2, 0.25) is 5.91 Å². The minimum absolute atomic E-state index is 0.0835. The predicted octanol–water partition coefficient (Wildman–Crippen LogP) is 4.02. The lowest BCUT2D eigenvalue weighted by molar-refractivity contribution is -0.135. The molecule has 7 rings (SSSR count). The van der Waals surface area contributed by atoms with Gasteiger partial charge in [0.15, 0.2) is 0 Å². The van der Waals surface area contributed by atoms with Crippen LogP contribution in [0.3, 0.4) is 0 Å². The van der Waals surface area contributed by atoms with Crippen LogP contribution in [-0.2, 0) is 28.0 Å². The normalized spacial score (nSPS) is 25.7. The molecule has 1 N–H and O–H groups in total. The first-order chi connectivity index (χ1) is 23.7. The van der Waals surface area contributed by atoms with Crippen LogP contribution < -0.4 is 9.46 Å². The lowest BCUT2D eigenvalue weighted by atomic mass is 9.71. The second-order valence-corrected chi connectivity index (χ2v) is 17.6. The number of likely N-dealkylation sites (tertiary alicyclic amines) is 3. The van der Waals surface area contributed by atoms with Crippen LogP contribution in [0.5, 0.6) is 5.75 Å². The number of nitrogens with zero attached hydrogens (tertiary/aromatic N) is 5. The molecular formula is C38H52N6O5S. The molecule has 1 aromatic heterocycles. The Bertz CT molecular complexity index is 1920. The Morgan fingerprint density at radius 1 is 0.980 bits per heavy atom. The minimum Gasteiger partial charge on any atom is -0.497 e. The van der Waals surface area contributed by atoms with Gasteiger partial charge in [-0.15, -0.1) is 0 Å². The summed E-state index contributed by atoms with van der Waals surface area (Å²) in [6.07, 6.45) is 3.54. The van der Waals surface area contributed by atoms with Gasteiger partial charge in [0.05, 0.1) is 18.7 Å². The first-order valence-electron chi connectivity index (χ1n) is 18.0. The summed E-state index contributed by atoms with van der Waals surface area (Å²) in [6, 6.07) is 11.7. The van der Waals surface area contributed by atoms with Gasteiger partial charge in [-0.25, -0.2) is 4.72 Å². The van der Waals surface area contributed by atoms with Gasteiger partial charge in [0, 0.05) is 92.8 Å². The van der Waals surface area contributed by atoms with E-state index < -0.39 is 16.1 Å². The number of ether oxygens (including phenoxy) is 1. The van der Waals surface area contributed by atoms with E-state index >= 15 is 0 Å². The molecule has 2 unspecified atom stereocenters. The summed E-state index contributed by atoms with van der Waals surface area (Å²) in [7, 11) is 4.88. The fraction of sp³-hybridized carbons (Fsp3) is 0.579. The van der Waals surface area contributed by atoms with Gasteiger partial charge in [-0.1, -0.05) is 26.3 Å². The molecule has 50 heavy (non-hydrogen) atoms. The molecule has 5 heterocycles. The van der Waals surface area contributed by atoms with Crippen LogP contribution in [-0.4, -0.2) is 118 Å². The van der Waals surface area contributed by atoms with Crippen LogP contribution in [0.4, 0.5) is 0 Å². The van der Waals surface area contributed by atoms with E-state index in [1.165, 1.54) is 19.7 Å². The highest BCUT2D eigenvalue weighted by molar-refractivity contribution is 7.87. The zero-order chi connectivity index (χ0) is 35.7. The van der Waals surface area contributed by atoms with E-state index in [0.29, 0.717) is 13.0 Å². The molecule has 0 spiro atoms. The summed E-state index contributed by atoms with van der Waals surface area (Å²) in [5.74, 6) is 0.192. The van der Waals surface area contributed by atoms with Crippen LogP contribution in [0.2, 0.25) is 0 Å². The second kappa shape index (κ2) is 12.6. The van der Waals surface area contributed by atoms with E-state index in [1.807, 2.05) is 18.2 Å². The van der Waals surface area contributed by atoms with Crippen LogP contribution in [0, 0.1) is 16.7 Å². The van der Waals surface area contributed by atoms with Gasteiger partial charge in [-0.05, 0) is 80.7 Å². The molecule has 0 saturated carbocycles. The van der Waals surface area contributed by atoms with Gasteiger partial charge in [-0.2, -0.15) is 12.7 Å². The fourth-order valence-electron chi connectivity index (χ4n) is 10.1. The maximum absolute atomic E-state index is 14.9. The molecule has 3 fully saturated rings. The number of rotatable bonds is 9. The van der Waals surface area contributed by atoms with Gasteiger partial charge in [-0.3, -0.25) is 9.59 Å². The first-order valence-corrected chi connectivity index (χ1v) is 19.4. The fourth-order valence-corrected chi connectivity index (χ4v) is 10.6. The molecule has 3 aromatic rings. The van der Waals surface area contributed by atoms with E-state index in [9.17, 15) is 18.0 Å². The van der Waals surface area contributed by atoms with Gasteiger partial charge >= 0.3 is 10.2 Å². The van der Waals surface area contributed by atoms with E-state index in [-0.39, 0.29) is 34.1 Å². The zero-order valence-electron chi connectivity index (χ0n) is 30.6. The van der Waals surface area contributed by atoms with Crippen molar-refractivity contribution in [2.24, 2.45) is 16.7 Å². The third-order valence-electron chi connectivity index (χ3n) is 12.1. The van der Waals surface area contributed by atoms with Gasteiger partial charge < -0.3 is 24.0 Å². The predicted molar refractivity (Wildman–Crippen MR) is 196 cm³/mol. The number of aromatic nitrogens is 1. The largest absolute Gasteiger partial charge is 0.497 e. The minimum atomic E-state index is -3.98. The highest BCUT2D eigenvalue weighted by Crippen LogP contribution is 2.56. The molecular weight excluding hydrogens is 653 g/mol. The third kappa shape index (κ3) is 5.54. The molecule has 4 aliphatic rings. The molecule has 0 bridgehead atoms. The second-order valence-electron chi connectivity index (χ2n) is 15.7. The van der Waals surface area contributed by atoms with Crippen molar-refractivity contribution in [1.29, 1.82) is 0 Å². The number of hydrogen-bond acceptors (Lipinski definition) is 7. The third-order valence-corrected chi connectivity index (χ3v) is 13.5. The SMILES string of the molecule is CCCC(CC)c1c2n(c3cc(C(=O)NS(=O)(=O)N(C)C)ccc13)CC(C(=O)N1CC34CN(C)CC3(CN(C)C4)C1)Cc1cc(OC)ccc1-2. The van der Waals surface area contributed by atoms with Crippen LogP contribution in [0.1, 0.15) is 60.5 Å². The molecule has 11 nitrogen and oxygen atoms in total. The van der Waals surface area contributed by atoms with Crippen molar-refractivity contribution < 1.29 is 22.7 Å². The molecule has 270 valence electrons. The lowest BCUT2D eigenvalue weighted by Crippen LogP contribution is -2.43. The molecule has 2 aromatic carbocycles. The summed E-state index contributed by atoms with van der Waals surface area (Å²) in [6.45, 7) is 10.4. The Morgan fingerprint density at radius 3 is 2.22 bits per heavy atom. The Labute approximate surface area is 296 Å². The van der Waals surface area contributed by atoms with Crippen molar-refractivity contribution in [2.45, 2.75) is 52.0 Å². The summed E-state index contributed by atoms with van der Waals surface area (Å²) in [5, 5.41) is 1.04. The number of nitrogens with one attached hydrogen (secondary N) is 1. The Morgan fingerprint density at radius 2 is 1.64 bits per heavy atom. The molecule has 2 atom stereocenters. The van der Waals surface area contributed by atoms with E-state index in [2.05, 4.69) is 64.1 Å². The topological polar surface area (TPSA) is 107 Å². The molecule has 3 saturated heterocycles. The monoisotopic (exact) mass is 704 g/mol. The number of hydrogen-bond donors (Lipinski definition) is 1. The lowest BCUT2D eigenvalue weighted by Gasteiger charge is -2.30. The maximum Gasteiger partial charge on any atom is 0.303 e. The first kappa shape index (κ1) is 35.0. The summed E-state index contributed by atoms with van der Waals surface area (Å²) in [5.41, 5.74) is 5.75. The molecule has 12 heteroatoms. The number of fused-ring (bicyclic) bond motifs is 5. The number of benzene rings is 2. The van der Waals surface area contributed by atoms with Crippen molar-refractivity contribution >= 4 is 32.9 Å². The van der Waals surface area contributed by atoms with Crippen LogP contribution in [0.15, 0.2) is 36.4 Å². The number of amides is 2. The highest BCUT2D eigenvalue weighted by Gasteiger charge is 2.66. The molecule has 0 aliphatic carbocycles. The number of carbonyl (C=O) groups is 2. The van der Waals surface area contributed by atoms with E-state index in [4.69, 9.17) is 4.74 Å². The highest BCUT2D eigenvalue weighted by atomic mass is 32.2. The number of carbonyl (C=O) groups excluding carboxylic acids is 2. The van der Waals surface area contributed by atoms with Gasteiger partial charge in [0.25, 0.3) is 5.91 Å². The summed E-state index contributed by atoms with van der Waals surface area (Å²) < 4.78 is 36.4. The average molecular weight is 705 g/mol. The van der Waals surface area contributed by atoms with Crippen LogP contribution >= 0.6 is 0 Å². The van der Waals surface area contributed by atoms with Gasteiger partial charge in [0.1, 0.15) is 5.75 Å². The molecule has 4 aliphatic heterocycles. The number of methoxy groups -OCH3 is 1. The Balaban J connectivity index is 1.36. The molecule has 2 amide bonds. The average Bonchev–Trinajstić information content (AvgIpc) is 3.65.